The number of hydrogen-bond acceptors (Lipinski definition) is 3. The minimum atomic E-state index is -4.76. The highest BCUT2D eigenvalue weighted by Gasteiger charge is 2.39. The van der Waals surface area contributed by atoms with E-state index < -0.39 is 27.1 Å². The number of hydrogen-bond donors (Lipinski definition) is 2. The van der Waals surface area contributed by atoms with Gasteiger partial charge in [0.1, 0.15) is 0 Å². The molecule has 0 saturated heterocycles. The first-order chi connectivity index (χ1) is 20.9. The van der Waals surface area contributed by atoms with Crippen molar-refractivity contribution in [2.24, 2.45) is 0 Å². The van der Waals surface area contributed by atoms with Gasteiger partial charge in [-0.2, -0.15) is 17.6 Å². The van der Waals surface area contributed by atoms with E-state index in [9.17, 15) is 30.8 Å². The molecule has 0 aliphatic rings. The topological polar surface area (TPSA) is 75.3 Å². The average molecular weight is 659 g/mol. The summed E-state index contributed by atoms with van der Waals surface area (Å²) >= 11 is 0. The zero-order chi connectivity index (χ0) is 33.6. The molecule has 0 saturated carbocycles. The van der Waals surface area contributed by atoms with Crippen molar-refractivity contribution in [1.29, 1.82) is 0 Å². The molecule has 1 amide bonds. The lowest BCUT2D eigenvalue weighted by molar-refractivity contribution is -0.137. The van der Waals surface area contributed by atoms with Gasteiger partial charge >= 0.3 is 11.2 Å². The summed E-state index contributed by atoms with van der Waals surface area (Å²) in [6.45, 7) is 9.25. The molecule has 0 bridgehead atoms. The van der Waals surface area contributed by atoms with Crippen LogP contribution in [0.3, 0.4) is 0 Å². The lowest BCUT2D eigenvalue weighted by atomic mass is 9.92. The van der Waals surface area contributed by atoms with Crippen molar-refractivity contribution in [3.63, 3.8) is 0 Å². The molecule has 0 spiro atoms. The predicted molar refractivity (Wildman–Crippen MR) is 181 cm³/mol. The Morgan fingerprint density at radius 3 is 1.48 bits per heavy atom. The van der Waals surface area contributed by atoms with Crippen molar-refractivity contribution in [3.05, 3.63) is 108 Å². The first-order valence-corrected chi connectivity index (χ1v) is 15.9. The van der Waals surface area contributed by atoms with Crippen molar-refractivity contribution in [3.8, 4) is 22.3 Å². The van der Waals surface area contributed by atoms with Gasteiger partial charge in [-0.3, -0.25) is 9.52 Å². The van der Waals surface area contributed by atoms with Crippen molar-refractivity contribution in [1.82, 2.24) is 0 Å². The van der Waals surface area contributed by atoms with Crippen molar-refractivity contribution < 1.29 is 30.8 Å². The van der Waals surface area contributed by atoms with Crippen LogP contribution >= 0.6 is 0 Å². The Hall–Kier alpha value is -4.18. The highest BCUT2D eigenvalue weighted by molar-refractivity contribution is 7.93. The number of halogens is 4. The van der Waals surface area contributed by atoms with Crippen LogP contribution < -0.4 is 10.0 Å². The zero-order valence-electron chi connectivity index (χ0n) is 26.0. The molecule has 4 aromatic carbocycles. The molecule has 0 aliphatic carbocycles. The van der Waals surface area contributed by atoms with E-state index in [0.29, 0.717) is 25.5 Å². The Bertz CT molecular complexity index is 1730. The molecule has 248 valence electrons. The van der Waals surface area contributed by atoms with E-state index in [1.165, 1.54) is 11.6 Å². The van der Waals surface area contributed by atoms with E-state index >= 15 is 0 Å². The van der Waals surface area contributed by atoms with Crippen LogP contribution in [-0.4, -0.2) is 25.5 Å². The molecule has 5 nitrogen and oxygen atoms in total. The Morgan fingerprint density at radius 1 is 0.652 bits per heavy atom. The van der Waals surface area contributed by atoms with Crippen LogP contribution in [0.15, 0.2) is 97.1 Å². The SMILES string of the molecule is C.CC(C)c1ccccc1-c1cccc(NC(=O)C(C)(F)F)c1.CC(C)c1ccccc1-c1cccc(NS(=O)(=O)C(C)(F)F)c1. The number of benzene rings is 4. The van der Waals surface area contributed by atoms with Crippen LogP contribution in [0.1, 0.15) is 71.9 Å². The molecule has 2 N–H and O–H groups in total. The molecule has 4 rings (SSSR count). The van der Waals surface area contributed by atoms with Gasteiger partial charge in [0, 0.05) is 25.2 Å². The number of alkyl halides is 4. The fourth-order valence-electron chi connectivity index (χ4n) is 4.53. The molecule has 0 atom stereocenters. The smallest absolute Gasteiger partial charge is 0.321 e. The van der Waals surface area contributed by atoms with Crippen LogP contribution in [0.25, 0.3) is 22.3 Å². The standard InChI is InChI=1S/C18H19F2NO.C17H19F2NO2S.CH4/c1-12(2)15-9-4-5-10-16(15)13-7-6-8-14(11-13)21-17(22)18(3,19)20;1-12(2)15-9-4-5-10-16(15)13-7-6-8-14(11-13)20-23(21,22)17(3,18)19;/h4-12H,1-3H3,(H,21,22);4-12,20H,1-3H3;1H4. The third kappa shape index (κ3) is 9.91. The van der Waals surface area contributed by atoms with Crippen molar-refractivity contribution >= 4 is 27.3 Å². The Morgan fingerprint density at radius 2 is 1.07 bits per heavy atom. The van der Waals surface area contributed by atoms with Gasteiger partial charge in [0.2, 0.25) is 0 Å². The molecule has 4 aromatic rings. The van der Waals surface area contributed by atoms with Crippen molar-refractivity contribution in [2.75, 3.05) is 10.0 Å². The van der Waals surface area contributed by atoms with Crippen LogP contribution in [0.2, 0.25) is 0 Å². The van der Waals surface area contributed by atoms with Gasteiger partial charge in [-0.25, -0.2) is 8.42 Å². The third-order valence-electron chi connectivity index (χ3n) is 6.89. The van der Waals surface area contributed by atoms with E-state index in [1.54, 1.807) is 30.3 Å². The number of anilines is 2. The van der Waals surface area contributed by atoms with Crippen LogP contribution in [0.4, 0.5) is 28.9 Å². The lowest BCUT2D eigenvalue weighted by Crippen LogP contribution is -2.31. The molecule has 10 heteroatoms. The number of amides is 1. The molecule has 0 radical (unpaired) electrons. The van der Waals surface area contributed by atoms with Crippen LogP contribution in [0, 0.1) is 0 Å². The predicted octanol–water partition coefficient (Wildman–Crippen LogP) is 10.5. The van der Waals surface area contributed by atoms with Gasteiger partial charge in [0.05, 0.1) is 0 Å². The monoisotopic (exact) mass is 658 g/mol. The molecule has 0 fully saturated rings. The van der Waals surface area contributed by atoms with E-state index in [0.717, 1.165) is 27.8 Å². The second kappa shape index (κ2) is 15.4. The van der Waals surface area contributed by atoms with Crippen LogP contribution in [0.5, 0.6) is 0 Å². The number of carbonyl (C=O) groups excluding carboxylic acids is 1. The zero-order valence-corrected chi connectivity index (χ0v) is 26.9. The highest BCUT2D eigenvalue weighted by Crippen LogP contribution is 2.33. The molecule has 0 heterocycles. The summed E-state index contributed by atoms with van der Waals surface area (Å²) in [5.74, 6) is -4.07. The first-order valence-electron chi connectivity index (χ1n) is 14.4. The Balaban J connectivity index is 0.000000314. The van der Waals surface area contributed by atoms with Gasteiger partial charge in [0.15, 0.2) is 0 Å². The minimum absolute atomic E-state index is 0. The fourth-order valence-corrected chi connectivity index (χ4v) is 5.14. The van der Waals surface area contributed by atoms with E-state index in [2.05, 4.69) is 33.0 Å². The summed E-state index contributed by atoms with van der Waals surface area (Å²) in [6, 6.07) is 29.1. The van der Waals surface area contributed by atoms with Gasteiger partial charge in [-0.15, -0.1) is 0 Å². The minimum Gasteiger partial charge on any atom is -0.321 e. The maximum absolute atomic E-state index is 13.1. The van der Waals surface area contributed by atoms with Gasteiger partial charge in [0.25, 0.3) is 15.9 Å². The average Bonchev–Trinajstić information content (AvgIpc) is 2.96. The summed E-state index contributed by atoms with van der Waals surface area (Å²) in [5, 5.41) is -1.60. The summed E-state index contributed by atoms with van der Waals surface area (Å²) in [6.07, 6.45) is 0. The van der Waals surface area contributed by atoms with E-state index in [-0.39, 0.29) is 19.0 Å². The third-order valence-corrected chi connectivity index (χ3v) is 8.34. The fraction of sp³-hybridized carbons (Fsp3) is 0.306. The second-order valence-electron chi connectivity index (χ2n) is 11.4. The second-order valence-corrected chi connectivity index (χ2v) is 13.3. The number of nitrogens with one attached hydrogen (secondary N) is 2. The first kappa shape index (κ1) is 38.0. The summed E-state index contributed by atoms with van der Waals surface area (Å²) in [4.78, 5) is 11.4. The number of rotatable bonds is 9. The summed E-state index contributed by atoms with van der Waals surface area (Å²) < 4.78 is 77.3. The largest absolute Gasteiger partial charge is 0.361 e. The molecule has 0 unspecified atom stereocenters. The maximum Gasteiger partial charge on any atom is 0.361 e. The number of sulfonamides is 1. The molecular weight excluding hydrogens is 616 g/mol. The maximum atomic E-state index is 13.1. The van der Waals surface area contributed by atoms with Gasteiger partial charge in [-0.1, -0.05) is 108 Å². The molecule has 0 aromatic heterocycles. The van der Waals surface area contributed by atoms with E-state index in [1.807, 2.05) is 65.4 Å². The Kier molecular flexibility index (Phi) is 12.7. The lowest BCUT2D eigenvalue weighted by Gasteiger charge is -2.16. The Labute approximate surface area is 270 Å². The molecule has 0 aliphatic heterocycles. The summed E-state index contributed by atoms with van der Waals surface area (Å²) in [7, 11) is -4.76. The van der Waals surface area contributed by atoms with E-state index in [4.69, 9.17) is 0 Å². The van der Waals surface area contributed by atoms with Gasteiger partial charge < -0.3 is 5.32 Å². The molecular formula is C36H42F4N2O3S. The van der Waals surface area contributed by atoms with Gasteiger partial charge in [-0.05, 0) is 69.5 Å². The number of carbonyl (C=O) groups is 1. The quantitative estimate of drug-likeness (QED) is 0.176. The van der Waals surface area contributed by atoms with Crippen molar-refractivity contribution in [2.45, 2.75) is 72.0 Å². The molecule has 46 heavy (non-hydrogen) atoms. The summed E-state index contributed by atoms with van der Waals surface area (Å²) in [5.41, 5.74) is 6.41. The highest BCUT2D eigenvalue weighted by atomic mass is 32.2. The van der Waals surface area contributed by atoms with Crippen LogP contribution in [-0.2, 0) is 14.8 Å². The normalized spacial score (nSPS) is 11.7.